The minimum atomic E-state index is -0.960. The highest BCUT2D eigenvalue weighted by molar-refractivity contribution is 5.88. The largest absolute Gasteiger partial charge is 0.477 e. The Kier molecular flexibility index (Phi) is 2.38. The van der Waals surface area contributed by atoms with E-state index in [4.69, 9.17) is 0 Å². The Morgan fingerprint density at radius 2 is 2.12 bits per heavy atom. The maximum Gasteiger partial charge on any atom is 0.354 e. The molecule has 0 aliphatic rings. The lowest BCUT2D eigenvalue weighted by atomic mass is 10.2. The number of hydrogen-bond acceptors (Lipinski definition) is 3. The van der Waals surface area contributed by atoms with Crippen molar-refractivity contribution in [3.8, 4) is 0 Å². The van der Waals surface area contributed by atoms with Crippen LogP contribution < -0.4 is 0 Å². The second kappa shape index (κ2) is 3.59. The van der Waals surface area contributed by atoms with Crippen LogP contribution in [0.5, 0.6) is 0 Å². The van der Waals surface area contributed by atoms with Gasteiger partial charge in [-0.15, -0.1) is 0 Å². The van der Waals surface area contributed by atoms with Gasteiger partial charge in [-0.05, 0) is 26.3 Å². The first-order valence-corrected chi connectivity index (χ1v) is 5.13. The molecular weight excluding hydrogens is 206 g/mol. The highest BCUT2D eigenvalue weighted by atomic mass is 16.4. The lowest BCUT2D eigenvalue weighted by Crippen LogP contribution is -2.07. The molecule has 0 saturated carbocycles. The quantitative estimate of drug-likeness (QED) is 0.833. The molecule has 0 amide bonds. The number of carbonyl (C=O) groups is 1. The lowest BCUT2D eigenvalue weighted by Gasteiger charge is -2.03. The van der Waals surface area contributed by atoms with Crippen LogP contribution in [-0.2, 0) is 6.42 Å². The number of fused-ring (bicyclic) bond motifs is 1. The maximum absolute atomic E-state index is 11.2. The van der Waals surface area contributed by atoms with Crippen molar-refractivity contribution in [1.82, 2.24) is 14.4 Å². The molecule has 0 radical (unpaired) electrons. The van der Waals surface area contributed by atoms with E-state index in [1.807, 2.05) is 26.8 Å². The van der Waals surface area contributed by atoms with Gasteiger partial charge in [-0.2, -0.15) is 0 Å². The highest BCUT2D eigenvalue weighted by Gasteiger charge is 2.19. The number of rotatable bonds is 2. The van der Waals surface area contributed by atoms with Gasteiger partial charge in [-0.25, -0.2) is 14.8 Å². The Balaban J connectivity index is 2.90. The summed E-state index contributed by atoms with van der Waals surface area (Å²) >= 11 is 0. The molecule has 0 aliphatic heterocycles. The Morgan fingerprint density at radius 3 is 2.69 bits per heavy atom. The van der Waals surface area contributed by atoms with Crippen molar-refractivity contribution in [2.24, 2.45) is 0 Å². The van der Waals surface area contributed by atoms with Gasteiger partial charge in [0.25, 0.3) is 0 Å². The predicted molar refractivity (Wildman–Crippen MR) is 58.8 cm³/mol. The molecule has 84 valence electrons. The number of carboxylic acid groups (broad SMARTS) is 1. The van der Waals surface area contributed by atoms with Gasteiger partial charge >= 0.3 is 5.97 Å². The molecule has 2 aromatic heterocycles. The van der Waals surface area contributed by atoms with Gasteiger partial charge in [0.05, 0.1) is 5.69 Å². The molecule has 0 atom stereocenters. The second-order valence-electron chi connectivity index (χ2n) is 3.74. The predicted octanol–water partition coefficient (Wildman–Crippen LogP) is 1.61. The summed E-state index contributed by atoms with van der Waals surface area (Å²) < 4.78 is 1.59. The normalized spacial score (nSPS) is 10.9. The minimum absolute atomic E-state index is 0.225. The number of aryl methyl sites for hydroxylation is 3. The standard InChI is InChI=1S/C11H13N3O2/c1-4-8-9(10(15)16)14-7(3)5-6(2)12-11(14)13-8/h5H,4H2,1-3H3,(H,15,16). The Hall–Kier alpha value is -1.91. The van der Waals surface area contributed by atoms with E-state index in [-0.39, 0.29) is 5.69 Å². The van der Waals surface area contributed by atoms with Crippen LogP contribution in [0.2, 0.25) is 0 Å². The third-order valence-electron chi connectivity index (χ3n) is 2.52. The molecule has 2 aromatic rings. The van der Waals surface area contributed by atoms with Gasteiger partial charge < -0.3 is 5.11 Å². The number of imidazole rings is 1. The van der Waals surface area contributed by atoms with Crippen molar-refractivity contribution in [3.63, 3.8) is 0 Å². The molecule has 0 spiro atoms. The Bertz CT molecular complexity index is 572. The van der Waals surface area contributed by atoms with Crippen molar-refractivity contribution in [2.45, 2.75) is 27.2 Å². The third-order valence-corrected chi connectivity index (χ3v) is 2.52. The Morgan fingerprint density at radius 1 is 1.44 bits per heavy atom. The molecule has 0 aliphatic carbocycles. The topological polar surface area (TPSA) is 67.5 Å². The molecule has 5 heteroatoms. The first-order chi connectivity index (χ1) is 7.54. The summed E-state index contributed by atoms with van der Waals surface area (Å²) in [6.07, 6.45) is 0.587. The van der Waals surface area contributed by atoms with Crippen molar-refractivity contribution >= 4 is 11.7 Å². The van der Waals surface area contributed by atoms with Crippen LogP contribution in [0.1, 0.15) is 34.5 Å². The number of aromatic carboxylic acids is 1. The monoisotopic (exact) mass is 219 g/mol. The summed E-state index contributed by atoms with van der Waals surface area (Å²) in [5.41, 5.74) is 2.48. The molecule has 5 nitrogen and oxygen atoms in total. The molecule has 0 bridgehead atoms. The van der Waals surface area contributed by atoms with Gasteiger partial charge in [-0.3, -0.25) is 4.40 Å². The fourth-order valence-corrected chi connectivity index (χ4v) is 1.88. The van der Waals surface area contributed by atoms with Crippen molar-refractivity contribution in [3.05, 3.63) is 28.8 Å². The van der Waals surface area contributed by atoms with Gasteiger partial charge in [-0.1, -0.05) is 6.92 Å². The SMILES string of the molecule is CCc1nc2nc(C)cc(C)n2c1C(=O)O. The zero-order valence-corrected chi connectivity index (χ0v) is 9.48. The first kappa shape index (κ1) is 10.6. The second-order valence-corrected chi connectivity index (χ2v) is 3.74. The number of nitrogens with zero attached hydrogens (tertiary/aromatic N) is 3. The smallest absolute Gasteiger partial charge is 0.354 e. The summed E-state index contributed by atoms with van der Waals surface area (Å²) in [4.78, 5) is 19.7. The number of hydrogen-bond donors (Lipinski definition) is 1. The molecule has 0 fully saturated rings. The van der Waals surface area contributed by atoms with Crippen LogP contribution in [0.15, 0.2) is 6.07 Å². The van der Waals surface area contributed by atoms with Crippen molar-refractivity contribution in [1.29, 1.82) is 0 Å². The Labute approximate surface area is 92.8 Å². The van der Waals surface area contributed by atoms with E-state index >= 15 is 0 Å². The fraction of sp³-hybridized carbons (Fsp3) is 0.364. The summed E-state index contributed by atoms with van der Waals surface area (Å²) in [6.45, 7) is 5.61. The zero-order chi connectivity index (χ0) is 11.9. The summed E-state index contributed by atoms with van der Waals surface area (Å²) in [5.74, 6) is -0.496. The molecule has 0 unspecified atom stereocenters. The van der Waals surface area contributed by atoms with Gasteiger partial charge in [0, 0.05) is 11.4 Å². The van der Waals surface area contributed by atoms with Crippen LogP contribution in [0.3, 0.4) is 0 Å². The molecule has 2 rings (SSSR count). The summed E-state index contributed by atoms with van der Waals surface area (Å²) in [5, 5.41) is 9.19. The van der Waals surface area contributed by atoms with Crippen molar-refractivity contribution in [2.75, 3.05) is 0 Å². The van der Waals surface area contributed by atoms with Crippen LogP contribution in [0.4, 0.5) is 0 Å². The van der Waals surface area contributed by atoms with Gasteiger partial charge in [0.2, 0.25) is 5.78 Å². The molecule has 16 heavy (non-hydrogen) atoms. The summed E-state index contributed by atoms with van der Waals surface area (Å²) in [6, 6.07) is 1.85. The molecule has 0 saturated heterocycles. The minimum Gasteiger partial charge on any atom is -0.477 e. The van der Waals surface area contributed by atoms with E-state index in [2.05, 4.69) is 9.97 Å². The van der Waals surface area contributed by atoms with E-state index in [1.54, 1.807) is 4.40 Å². The first-order valence-electron chi connectivity index (χ1n) is 5.13. The lowest BCUT2D eigenvalue weighted by molar-refractivity contribution is 0.0687. The maximum atomic E-state index is 11.2. The van der Waals surface area contributed by atoms with Gasteiger partial charge in [0.1, 0.15) is 0 Å². The third kappa shape index (κ3) is 1.44. The molecule has 0 aromatic carbocycles. The van der Waals surface area contributed by atoms with E-state index in [9.17, 15) is 9.90 Å². The van der Waals surface area contributed by atoms with E-state index in [0.717, 1.165) is 11.4 Å². The van der Waals surface area contributed by atoms with Crippen LogP contribution in [0.25, 0.3) is 5.78 Å². The average molecular weight is 219 g/mol. The van der Waals surface area contributed by atoms with Crippen LogP contribution in [-0.4, -0.2) is 25.4 Å². The molecule has 1 N–H and O–H groups in total. The highest BCUT2D eigenvalue weighted by Crippen LogP contribution is 2.15. The number of aromatic nitrogens is 3. The van der Waals surface area contributed by atoms with Gasteiger partial charge in [0.15, 0.2) is 5.69 Å². The van der Waals surface area contributed by atoms with Crippen LogP contribution in [0, 0.1) is 13.8 Å². The average Bonchev–Trinajstić information content (AvgIpc) is 2.55. The number of carboxylic acids is 1. The molecular formula is C11H13N3O2. The van der Waals surface area contributed by atoms with Crippen LogP contribution >= 0.6 is 0 Å². The molecule has 2 heterocycles. The van der Waals surface area contributed by atoms with E-state index in [1.165, 1.54) is 0 Å². The summed E-state index contributed by atoms with van der Waals surface area (Å²) in [7, 11) is 0. The van der Waals surface area contributed by atoms with E-state index < -0.39 is 5.97 Å². The fourth-order valence-electron chi connectivity index (χ4n) is 1.88. The van der Waals surface area contributed by atoms with E-state index in [0.29, 0.717) is 17.9 Å². The van der Waals surface area contributed by atoms with Crippen molar-refractivity contribution < 1.29 is 9.90 Å². The zero-order valence-electron chi connectivity index (χ0n) is 9.48.